The van der Waals surface area contributed by atoms with E-state index in [9.17, 15) is 8.42 Å². The fourth-order valence-corrected chi connectivity index (χ4v) is 5.13. The van der Waals surface area contributed by atoms with E-state index in [2.05, 4.69) is 10.2 Å². The molecular formula is C12H15N3O2S2. The number of thiophene rings is 1. The molecule has 0 saturated carbocycles. The van der Waals surface area contributed by atoms with Gasteiger partial charge in [0.05, 0.1) is 6.20 Å². The Labute approximate surface area is 116 Å². The van der Waals surface area contributed by atoms with Crippen molar-refractivity contribution in [3.8, 4) is 0 Å². The summed E-state index contributed by atoms with van der Waals surface area (Å²) in [4.78, 5) is 0. The second kappa shape index (κ2) is 4.73. The molecule has 0 aromatic carbocycles. The fraction of sp³-hybridized carbons (Fsp3) is 0.417. The molecule has 0 radical (unpaired) electrons. The number of hydrogen-bond acceptors (Lipinski definition) is 4. The lowest BCUT2D eigenvalue weighted by Crippen LogP contribution is -2.28. The van der Waals surface area contributed by atoms with Crippen LogP contribution in [-0.2, 0) is 10.0 Å². The van der Waals surface area contributed by atoms with Gasteiger partial charge in [-0.15, -0.1) is 11.3 Å². The molecule has 0 amide bonds. The number of nitrogens with zero attached hydrogens (tertiary/aromatic N) is 2. The van der Waals surface area contributed by atoms with Crippen molar-refractivity contribution in [3.05, 3.63) is 35.0 Å². The van der Waals surface area contributed by atoms with E-state index in [1.807, 2.05) is 6.92 Å². The van der Waals surface area contributed by atoms with E-state index >= 15 is 0 Å². The lowest BCUT2D eigenvalue weighted by molar-refractivity contribution is 0.473. The summed E-state index contributed by atoms with van der Waals surface area (Å²) in [6, 6.07) is 3.43. The molecule has 1 aliphatic heterocycles. The van der Waals surface area contributed by atoms with E-state index in [0.717, 1.165) is 17.7 Å². The molecule has 3 heterocycles. The van der Waals surface area contributed by atoms with Gasteiger partial charge in [-0.1, -0.05) is 6.07 Å². The number of aromatic nitrogens is 2. The van der Waals surface area contributed by atoms with Crippen LogP contribution >= 0.6 is 11.3 Å². The first-order chi connectivity index (χ1) is 9.09. The highest BCUT2D eigenvalue weighted by Crippen LogP contribution is 2.32. The van der Waals surface area contributed by atoms with Gasteiger partial charge in [0.1, 0.15) is 4.21 Å². The second-order valence-corrected chi connectivity index (χ2v) is 7.86. The Morgan fingerprint density at radius 3 is 3.00 bits per heavy atom. The van der Waals surface area contributed by atoms with Gasteiger partial charge in [-0.25, -0.2) is 8.42 Å². The molecule has 0 bridgehead atoms. The van der Waals surface area contributed by atoms with Gasteiger partial charge < -0.3 is 0 Å². The quantitative estimate of drug-likeness (QED) is 0.941. The average Bonchev–Trinajstić information content (AvgIpc) is 3.10. The minimum atomic E-state index is -3.31. The molecular weight excluding hydrogens is 282 g/mol. The third-order valence-corrected chi connectivity index (χ3v) is 6.75. The summed E-state index contributed by atoms with van der Waals surface area (Å²) < 4.78 is 26.8. The van der Waals surface area contributed by atoms with Gasteiger partial charge in [-0.05, 0) is 30.4 Å². The summed E-state index contributed by atoms with van der Waals surface area (Å²) >= 11 is 1.27. The molecule has 0 aliphatic carbocycles. The van der Waals surface area contributed by atoms with E-state index in [4.69, 9.17) is 0 Å². The molecule has 3 rings (SSSR count). The molecule has 1 N–H and O–H groups in total. The number of aryl methyl sites for hydroxylation is 1. The summed E-state index contributed by atoms with van der Waals surface area (Å²) in [5, 5.41) is 8.79. The van der Waals surface area contributed by atoms with Crippen molar-refractivity contribution in [2.45, 2.75) is 23.5 Å². The lowest BCUT2D eigenvalue weighted by atomic mass is 10.0. The van der Waals surface area contributed by atoms with Crippen LogP contribution < -0.4 is 0 Å². The van der Waals surface area contributed by atoms with Gasteiger partial charge in [-0.3, -0.25) is 5.10 Å². The van der Waals surface area contributed by atoms with Gasteiger partial charge in [0.15, 0.2) is 0 Å². The van der Waals surface area contributed by atoms with Gasteiger partial charge in [0.25, 0.3) is 10.0 Å². The molecule has 2 aromatic rings. The molecule has 0 unspecified atom stereocenters. The van der Waals surface area contributed by atoms with Gasteiger partial charge in [0.2, 0.25) is 0 Å². The number of sulfonamides is 1. The monoisotopic (exact) mass is 297 g/mol. The zero-order chi connectivity index (χ0) is 13.5. The van der Waals surface area contributed by atoms with Crippen molar-refractivity contribution in [1.82, 2.24) is 14.5 Å². The SMILES string of the molecule is Cc1cn[nH]c1[C@H]1CCN(S(=O)(=O)c2cccs2)C1. The van der Waals surface area contributed by atoms with E-state index < -0.39 is 10.0 Å². The fourth-order valence-electron chi connectivity index (χ4n) is 2.49. The number of hydrogen-bond donors (Lipinski definition) is 1. The molecule has 1 fully saturated rings. The summed E-state index contributed by atoms with van der Waals surface area (Å²) in [5.74, 6) is 0.220. The van der Waals surface area contributed by atoms with Crippen molar-refractivity contribution in [1.29, 1.82) is 0 Å². The van der Waals surface area contributed by atoms with Crippen LogP contribution in [0.1, 0.15) is 23.6 Å². The standard InChI is InChI=1S/C12H15N3O2S2/c1-9-7-13-14-12(9)10-4-5-15(8-10)19(16,17)11-3-2-6-18-11/h2-3,6-7,10H,4-5,8H2,1H3,(H,13,14)/t10-/m0/s1. The maximum atomic E-state index is 12.4. The number of nitrogens with one attached hydrogen (secondary N) is 1. The first kappa shape index (κ1) is 12.8. The molecule has 7 heteroatoms. The Morgan fingerprint density at radius 1 is 1.53 bits per heavy atom. The largest absolute Gasteiger partial charge is 0.282 e. The van der Waals surface area contributed by atoms with Crippen LogP contribution in [0, 0.1) is 6.92 Å². The summed E-state index contributed by atoms with van der Waals surface area (Å²) in [7, 11) is -3.31. The van der Waals surface area contributed by atoms with E-state index in [1.165, 1.54) is 11.3 Å². The zero-order valence-corrected chi connectivity index (χ0v) is 12.2. The van der Waals surface area contributed by atoms with Gasteiger partial charge in [-0.2, -0.15) is 9.40 Å². The minimum absolute atomic E-state index is 0.220. The van der Waals surface area contributed by atoms with Crippen LogP contribution in [0.5, 0.6) is 0 Å². The molecule has 1 saturated heterocycles. The zero-order valence-electron chi connectivity index (χ0n) is 10.5. The Balaban J connectivity index is 1.82. The number of rotatable bonds is 3. The van der Waals surface area contributed by atoms with E-state index in [0.29, 0.717) is 17.3 Å². The van der Waals surface area contributed by atoms with E-state index in [-0.39, 0.29) is 5.92 Å². The summed E-state index contributed by atoms with van der Waals surface area (Å²) in [6.45, 7) is 3.10. The topological polar surface area (TPSA) is 66.1 Å². The molecule has 102 valence electrons. The van der Waals surface area contributed by atoms with Crippen molar-refractivity contribution in [2.24, 2.45) is 0 Å². The number of aromatic amines is 1. The first-order valence-electron chi connectivity index (χ1n) is 6.12. The Hall–Kier alpha value is -1.18. The third kappa shape index (κ3) is 2.22. The van der Waals surface area contributed by atoms with Crippen LogP contribution in [0.2, 0.25) is 0 Å². The molecule has 2 aromatic heterocycles. The van der Waals surface area contributed by atoms with Gasteiger partial charge >= 0.3 is 0 Å². The minimum Gasteiger partial charge on any atom is -0.282 e. The predicted molar refractivity (Wildman–Crippen MR) is 73.8 cm³/mol. The maximum Gasteiger partial charge on any atom is 0.252 e. The van der Waals surface area contributed by atoms with Crippen LogP contribution in [0.25, 0.3) is 0 Å². The Bertz CT molecular complexity index is 661. The van der Waals surface area contributed by atoms with Crippen molar-refractivity contribution >= 4 is 21.4 Å². The van der Waals surface area contributed by atoms with Crippen LogP contribution in [0.3, 0.4) is 0 Å². The van der Waals surface area contributed by atoms with Crippen molar-refractivity contribution in [3.63, 3.8) is 0 Å². The van der Waals surface area contributed by atoms with Crippen LogP contribution in [0.4, 0.5) is 0 Å². The average molecular weight is 297 g/mol. The lowest BCUT2D eigenvalue weighted by Gasteiger charge is -2.15. The second-order valence-electron chi connectivity index (χ2n) is 4.75. The molecule has 19 heavy (non-hydrogen) atoms. The highest BCUT2D eigenvalue weighted by atomic mass is 32.2. The third-order valence-electron chi connectivity index (χ3n) is 3.52. The van der Waals surface area contributed by atoms with Crippen molar-refractivity contribution < 1.29 is 8.42 Å². The summed E-state index contributed by atoms with van der Waals surface area (Å²) in [5.41, 5.74) is 2.16. The van der Waals surface area contributed by atoms with Crippen LogP contribution in [-0.4, -0.2) is 36.0 Å². The maximum absolute atomic E-state index is 12.4. The van der Waals surface area contributed by atoms with Crippen LogP contribution in [0.15, 0.2) is 27.9 Å². The summed E-state index contributed by atoms with van der Waals surface area (Å²) in [6.07, 6.45) is 2.62. The predicted octanol–water partition coefficient (Wildman–Crippen LogP) is 1.96. The molecule has 5 nitrogen and oxygen atoms in total. The molecule has 1 atom stereocenters. The Morgan fingerprint density at radius 2 is 2.37 bits per heavy atom. The van der Waals surface area contributed by atoms with E-state index in [1.54, 1.807) is 28.0 Å². The molecule has 0 spiro atoms. The van der Waals surface area contributed by atoms with Crippen molar-refractivity contribution in [2.75, 3.05) is 13.1 Å². The number of H-pyrrole nitrogens is 1. The highest BCUT2D eigenvalue weighted by Gasteiger charge is 2.34. The Kier molecular flexibility index (Phi) is 3.20. The highest BCUT2D eigenvalue weighted by molar-refractivity contribution is 7.91. The molecule has 1 aliphatic rings. The first-order valence-corrected chi connectivity index (χ1v) is 8.44. The van der Waals surface area contributed by atoms with Gasteiger partial charge in [0, 0.05) is 24.7 Å². The normalized spacial score (nSPS) is 21.0. The smallest absolute Gasteiger partial charge is 0.252 e.